The van der Waals surface area contributed by atoms with Crippen molar-refractivity contribution in [2.45, 2.75) is 6.42 Å². The lowest BCUT2D eigenvalue weighted by Crippen LogP contribution is -1.99. The molecule has 1 aromatic carbocycles. The van der Waals surface area contributed by atoms with E-state index in [0.29, 0.717) is 0 Å². The highest BCUT2D eigenvalue weighted by Crippen LogP contribution is 2.29. The minimum Gasteiger partial charge on any atom is -0.496 e. The van der Waals surface area contributed by atoms with E-state index in [4.69, 9.17) is 16.3 Å². The number of methoxy groups -OCH3 is 1. The van der Waals surface area contributed by atoms with Gasteiger partial charge in [-0.25, -0.2) is 0 Å². The Morgan fingerprint density at radius 3 is 3.07 bits per heavy atom. The Hall–Kier alpha value is -1.15. The highest BCUT2D eigenvalue weighted by Gasteiger charge is 2.11. The number of hydrogen-bond donors (Lipinski definition) is 1. The van der Waals surface area contributed by atoms with Gasteiger partial charge in [0, 0.05) is 22.8 Å². The maximum absolute atomic E-state index is 5.94. The predicted octanol–water partition coefficient (Wildman–Crippen LogP) is 3.14. The lowest BCUT2D eigenvalue weighted by Gasteiger charge is -2.10. The van der Waals surface area contributed by atoms with Crippen molar-refractivity contribution < 1.29 is 4.74 Å². The lowest BCUT2D eigenvalue weighted by atomic mass is 10.1. The van der Waals surface area contributed by atoms with E-state index in [1.54, 1.807) is 7.11 Å². The van der Waals surface area contributed by atoms with Gasteiger partial charge in [-0.3, -0.25) is 0 Å². The third kappa shape index (κ3) is 1.70. The third-order valence-corrected chi connectivity index (χ3v) is 2.49. The molecule has 0 spiro atoms. The van der Waals surface area contributed by atoms with Crippen molar-refractivity contribution in [2.75, 3.05) is 19.0 Å². The summed E-state index contributed by atoms with van der Waals surface area (Å²) in [6.07, 6.45) is 3.05. The first-order chi connectivity index (χ1) is 6.81. The third-order valence-electron chi connectivity index (χ3n) is 2.26. The van der Waals surface area contributed by atoms with Crippen LogP contribution in [0.5, 0.6) is 0 Å². The largest absolute Gasteiger partial charge is 0.496 e. The fraction of sp³-hybridized carbons (Fsp3) is 0.273. The van der Waals surface area contributed by atoms with Crippen LogP contribution in [0.1, 0.15) is 12.0 Å². The van der Waals surface area contributed by atoms with Gasteiger partial charge in [0.1, 0.15) is 5.76 Å². The van der Waals surface area contributed by atoms with Gasteiger partial charge in [-0.15, -0.1) is 0 Å². The maximum atomic E-state index is 5.94. The van der Waals surface area contributed by atoms with E-state index in [1.807, 2.05) is 18.2 Å². The van der Waals surface area contributed by atoms with E-state index in [2.05, 4.69) is 11.4 Å². The molecule has 0 radical (unpaired) electrons. The van der Waals surface area contributed by atoms with Gasteiger partial charge in [-0.2, -0.15) is 0 Å². The van der Waals surface area contributed by atoms with Crippen molar-refractivity contribution in [1.82, 2.24) is 0 Å². The van der Waals surface area contributed by atoms with Crippen molar-refractivity contribution in [3.63, 3.8) is 0 Å². The Balaban J connectivity index is 2.51. The molecular formula is C11H12ClNO. The number of halogens is 1. The summed E-state index contributed by atoms with van der Waals surface area (Å²) < 4.78 is 5.32. The summed E-state index contributed by atoms with van der Waals surface area (Å²) in [7, 11) is 1.68. The van der Waals surface area contributed by atoms with Crippen molar-refractivity contribution in [1.29, 1.82) is 0 Å². The molecule has 1 aromatic rings. The summed E-state index contributed by atoms with van der Waals surface area (Å²) >= 11 is 5.94. The number of fused-ring (bicyclic) bond motifs is 1. The zero-order chi connectivity index (χ0) is 9.97. The number of anilines is 1. The quantitative estimate of drug-likeness (QED) is 0.767. The maximum Gasteiger partial charge on any atom is 0.124 e. The molecule has 1 aliphatic heterocycles. The van der Waals surface area contributed by atoms with Crippen LogP contribution in [-0.4, -0.2) is 13.7 Å². The molecule has 0 amide bonds. The number of ether oxygens (including phenoxy) is 1. The minimum absolute atomic E-state index is 0.732. The van der Waals surface area contributed by atoms with E-state index in [-0.39, 0.29) is 0 Å². The Morgan fingerprint density at radius 2 is 2.29 bits per heavy atom. The summed E-state index contributed by atoms with van der Waals surface area (Å²) in [5, 5.41) is 4.06. The molecule has 0 fully saturated rings. The van der Waals surface area contributed by atoms with E-state index in [0.717, 1.165) is 35.0 Å². The molecule has 2 rings (SSSR count). The molecule has 1 heterocycles. The highest BCUT2D eigenvalue weighted by atomic mass is 35.5. The van der Waals surface area contributed by atoms with Gasteiger partial charge < -0.3 is 10.1 Å². The topological polar surface area (TPSA) is 21.3 Å². The van der Waals surface area contributed by atoms with Crippen LogP contribution >= 0.6 is 11.6 Å². The first-order valence-corrected chi connectivity index (χ1v) is 4.97. The van der Waals surface area contributed by atoms with E-state index in [9.17, 15) is 0 Å². The van der Waals surface area contributed by atoms with Crippen LogP contribution in [0.3, 0.4) is 0 Å². The lowest BCUT2D eigenvalue weighted by molar-refractivity contribution is 0.369. The molecule has 74 valence electrons. The molecule has 0 atom stereocenters. The van der Waals surface area contributed by atoms with E-state index < -0.39 is 0 Å². The van der Waals surface area contributed by atoms with Crippen LogP contribution < -0.4 is 5.32 Å². The van der Waals surface area contributed by atoms with E-state index in [1.165, 1.54) is 0 Å². The standard InChI is InChI=1S/C11H12ClNO/c1-14-11-3-2-6-13-10-5-4-8(12)7-9(10)11/h3-5,7,13H,2,6H2,1H3. The normalized spacial score (nSPS) is 14.9. The number of nitrogens with one attached hydrogen (secondary N) is 1. The molecular weight excluding hydrogens is 198 g/mol. The van der Waals surface area contributed by atoms with Crippen molar-refractivity contribution >= 4 is 23.0 Å². The van der Waals surface area contributed by atoms with Crippen molar-refractivity contribution in [2.24, 2.45) is 0 Å². The van der Waals surface area contributed by atoms with Gasteiger partial charge in [-0.1, -0.05) is 11.6 Å². The Morgan fingerprint density at radius 1 is 1.43 bits per heavy atom. The van der Waals surface area contributed by atoms with Gasteiger partial charge >= 0.3 is 0 Å². The van der Waals surface area contributed by atoms with E-state index >= 15 is 0 Å². The molecule has 2 nitrogen and oxygen atoms in total. The second-order valence-corrected chi connectivity index (χ2v) is 3.61. The molecule has 0 saturated heterocycles. The SMILES string of the molecule is COC1=CCCNc2ccc(Cl)cc21. The first-order valence-electron chi connectivity index (χ1n) is 4.59. The van der Waals surface area contributed by atoms with Gasteiger partial charge in [-0.05, 0) is 30.7 Å². The van der Waals surface area contributed by atoms with Gasteiger partial charge in [0.15, 0.2) is 0 Å². The molecule has 1 N–H and O–H groups in total. The van der Waals surface area contributed by atoms with Crippen LogP contribution in [0.15, 0.2) is 24.3 Å². The molecule has 1 aliphatic rings. The molecule has 0 aliphatic carbocycles. The molecule has 0 bridgehead atoms. The monoisotopic (exact) mass is 209 g/mol. The van der Waals surface area contributed by atoms with Gasteiger partial charge in [0.2, 0.25) is 0 Å². The fourth-order valence-electron chi connectivity index (χ4n) is 1.59. The van der Waals surface area contributed by atoms with Crippen LogP contribution in [0.25, 0.3) is 5.76 Å². The Bertz CT molecular complexity index is 374. The highest BCUT2D eigenvalue weighted by molar-refractivity contribution is 6.30. The van der Waals surface area contributed by atoms with Crippen molar-refractivity contribution in [3.05, 3.63) is 34.9 Å². The average molecular weight is 210 g/mol. The zero-order valence-electron chi connectivity index (χ0n) is 8.01. The smallest absolute Gasteiger partial charge is 0.124 e. The molecule has 14 heavy (non-hydrogen) atoms. The first kappa shape index (κ1) is 9.41. The second kappa shape index (κ2) is 3.93. The number of rotatable bonds is 1. The van der Waals surface area contributed by atoms with Crippen LogP contribution in [-0.2, 0) is 4.74 Å². The molecule has 0 saturated carbocycles. The number of benzene rings is 1. The van der Waals surface area contributed by atoms with Crippen LogP contribution in [0, 0.1) is 0 Å². The number of hydrogen-bond acceptors (Lipinski definition) is 2. The average Bonchev–Trinajstić information content (AvgIpc) is 2.39. The van der Waals surface area contributed by atoms with Crippen LogP contribution in [0.2, 0.25) is 5.02 Å². The van der Waals surface area contributed by atoms with Crippen molar-refractivity contribution in [3.8, 4) is 0 Å². The second-order valence-electron chi connectivity index (χ2n) is 3.18. The fourth-order valence-corrected chi connectivity index (χ4v) is 1.76. The Kier molecular flexibility index (Phi) is 2.64. The molecule has 0 aromatic heterocycles. The van der Waals surface area contributed by atoms with Gasteiger partial charge in [0.25, 0.3) is 0 Å². The minimum atomic E-state index is 0.732. The Labute approximate surface area is 88.5 Å². The zero-order valence-corrected chi connectivity index (χ0v) is 8.77. The molecule has 0 unspecified atom stereocenters. The molecule has 3 heteroatoms. The summed E-state index contributed by atoms with van der Waals surface area (Å²) in [5.74, 6) is 0.896. The summed E-state index contributed by atoms with van der Waals surface area (Å²) in [5.41, 5.74) is 2.12. The van der Waals surface area contributed by atoms with Gasteiger partial charge in [0.05, 0.1) is 7.11 Å². The predicted molar refractivity (Wildman–Crippen MR) is 59.5 cm³/mol. The summed E-state index contributed by atoms with van der Waals surface area (Å²) in [6, 6.07) is 5.78. The summed E-state index contributed by atoms with van der Waals surface area (Å²) in [4.78, 5) is 0. The van der Waals surface area contributed by atoms with Crippen LogP contribution in [0.4, 0.5) is 5.69 Å². The summed E-state index contributed by atoms with van der Waals surface area (Å²) in [6.45, 7) is 0.932.